The van der Waals surface area contributed by atoms with Crippen LogP contribution in [0.3, 0.4) is 0 Å². The number of aliphatic hydroxyl groups is 1. The first-order valence-electron chi connectivity index (χ1n) is 9.05. The third-order valence-electron chi connectivity index (χ3n) is 4.82. The monoisotopic (exact) mass is 340 g/mol. The minimum Gasteiger partial charge on any atom is -0.489 e. The highest BCUT2D eigenvalue weighted by molar-refractivity contribution is 5.48. The van der Waals surface area contributed by atoms with Crippen LogP contribution in [-0.2, 0) is 19.6 Å². The predicted octanol–water partition coefficient (Wildman–Crippen LogP) is 3.07. The van der Waals surface area contributed by atoms with E-state index >= 15 is 0 Å². The molecule has 3 rings (SSSR count). The second kappa shape index (κ2) is 8.00. The van der Waals surface area contributed by atoms with Gasteiger partial charge in [0.1, 0.15) is 12.4 Å². The van der Waals surface area contributed by atoms with Gasteiger partial charge in [-0.3, -0.25) is 0 Å². The molecule has 2 aromatic carbocycles. The quantitative estimate of drug-likeness (QED) is 0.756. The summed E-state index contributed by atoms with van der Waals surface area (Å²) in [7, 11) is 0. The summed E-state index contributed by atoms with van der Waals surface area (Å²) in [5.41, 5.74) is 10.3. The number of nitrogens with one attached hydrogen (secondary N) is 1. The summed E-state index contributed by atoms with van der Waals surface area (Å²) in [6, 6.07) is 14.5. The molecule has 0 radical (unpaired) electrons. The first-order valence-corrected chi connectivity index (χ1v) is 9.05. The van der Waals surface area contributed by atoms with Gasteiger partial charge in [0.25, 0.3) is 0 Å². The first kappa shape index (κ1) is 17.9. The highest BCUT2D eigenvalue weighted by Crippen LogP contribution is 2.36. The van der Waals surface area contributed by atoms with Crippen LogP contribution in [-0.4, -0.2) is 17.2 Å². The second-order valence-corrected chi connectivity index (χ2v) is 7.00. The summed E-state index contributed by atoms with van der Waals surface area (Å²) < 4.78 is 6.03. The van der Waals surface area contributed by atoms with Crippen molar-refractivity contribution in [3.05, 3.63) is 64.7 Å². The fraction of sp³-hybridized carbons (Fsp3) is 0.429. The summed E-state index contributed by atoms with van der Waals surface area (Å²) in [4.78, 5) is 0. The molecule has 0 aliphatic heterocycles. The average molecular weight is 340 g/mol. The smallest absolute Gasteiger partial charge is 0.124 e. The number of fused-ring (bicyclic) bond motifs is 1. The first-order chi connectivity index (χ1) is 12.1. The normalized spacial score (nSPS) is 19.7. The topological polar surface area (TPSA) is 67.5 Å². The van der Waals surface area contributed by atoms with Crippen molar-refractivity contribution in [3.8, 4) is 5.75 Å². The number of hydrogen-bond acceptors (Lipinski definition) is 4. The van der Waals surface area contributed by atoms with Crippen LogP contribution in [0.15, 0.2) is 42.5 Å². The van der Waals surface area contributed by atoms with Gasteiger partial charge in [-0.05, 0) is 35.6 Å². The Balaban J connectivity index is 1.81. The number of nitrogens with two attached hydrogens (primary N) is 1. The molecule has 0 amide bonds. The minimum atomic E-state index is -0.500. The van der Waals surface area contributed by atoms with E-state index < -0.39 is 6.10 Å². The standard InChI is InChI=1S/C21H28N2O2/c1-14(2)23-19-10-8-16-17(21(19)24)9-11-20(18(16)12-22)25-13-15-6-4-3-5-7-15/h3-7,9,11,14,19,21,23-24H,8,10,12-13,22H2,1-2H3/t19-,21-/m0/s1. The lowest BCUT2D eigenvalue weighted by Crippen LogP contribution is -2.42. The Kier molecular flexibility index (Phi) is 5.74. The molecule has 0 unspecified atom stereocenters. The maximum Gasteiger partial charge on any atom is 0.124 e. The van der Waals surface area contributed by atoms with Crippen LogP contribution in [0.4, 0.5) is 0 Å². The van der Waals surface area contributed by atoms with Crippen LogP contribution in [0.1, 0.15) is 48.6 Å². The SMILES string of the molecule is CC(C)N[C@H]1CCc2c(ccc(OCc3ccccc3)c2CN)[C@@H]1O. The Morgan fingerprint density at radius 3 is 2.64 bits per heavy atom. The molecule has 0 saturated heterocycles. The van der Waals surface area contributed by atoms with E-state index in [1.54, 1.807) is 0 Å². The number of ether oxygens (including phenoxy) is 1. The fourth-order valence-corrected chi connectivity index (χ4v) is 3.63. The maximum atomic E-state index is 10.7. The van der Waals surface area contributed by atoms with Crippen molar-refractivity contribution < 1.29 is 9.84 Å². The molecule has 0 saturated carbocycles. The maximum absolute atomic E-state index is 10.7. The molecule has 2 aromatic rings. The number of hydrogen-bond donors (Lipinski definition) is 3. The molecule has 1 aliphatic carbocycles. The second-order valence-electron chi connectivity index (χ2n) is 7.00. The lowest BCUT2D eigenvalue weighted by atomic mass is 9.82. The number of benzene rings is 2. The molecule has 25 heavy (non-hydrogen) atoms. The van der Waals surface area contributed by atoms with Crippen molar-refractivity contribution in [1.29, 1.82) is 0 Å². The summed E-state index contributed by atoms with van der Waals surface area (Å²) >= 11 is 0. The average Bonchev–Trinajstić information content (AvgIpc) is 2.62. The molecule has 0 spiro atoms. The van der Waals surface area contributed by atoms with Crippen molar-refractivity contribution in [1.82, 2.24) is 5.32 Å². The van der Waals surface area contributed by atoms with Gasteiger partial charge >= 0.3 is 0 Å². The number of aliphatic hydroxyl groups excluding tert-OH is 1. The van der Waals surface area contributed by atoms with Gasteiger partial charge in [-0.2, -0.15) is 0 Å². The zero-order valence-corrected chi connectivity index (χ0v) is 15.0. The molecule has 4 nitrogen and oxygen atoms in total. The van der Waals surface area contributed by atoms with Gasteiger partial charge in [0, 0.05) is 24.2 Å². The zero-order valence-electron chi connectivity index (χ0n) is 15.0. The predicted molar refractivity (Wildman–Crippen MR) is 100 cm³/mol. The number of rotatable bonds is 6. The molecule has 0 bridgehead atoms. The van der Waals surface area contributed by atoms with Gasteiger partial charge in [0.15, 0.2) is 0 Å². The molecular formula is C21H28N2O2. The van der Waals surface area contributed by atoms with Crippen molar-refractivity contribution >= 4 is 0 Å². The van der Waals surface area contributed by atoms with Gasteiger partial charge in [-0.1, -0.05) is 50.2 Å². The van der Waals surface area contributed by atoms with Crippen LogP contribution in [0.5, 0.6) is 5.75 Å². The van der Waals surface area contributed by atoms with E-state index in [0.29, 0.717) is 19.2 Å². The van der Waals surface area contributed by atoms with E-state index in [1.807, 2.05) is 42.5 Å². The highest BCUT2D eigenvalue weighted by atomic mass is 16.5. The van der Waals surface area contributed by atoms with Gasteiger partial charge in [0.2, 0.25) is 0 Å². The van der Waals surface area contributed by atoms with Crippen LogP contribution in [0, 0.1) is 0 Å². The van der Waals surface area contributed by atoms with Crippen molar-refractivity contribution in [2.75, 3.05) is 0 Å². The van der Waals surface area contributed by atoms with E-state index in [0.717, 1.165) is 40.8 Å². The molecule has 4 heteroatoms. The van der Waals surface area contributed by atoms with Gasteiger partial charge < -0.3 is 20.9 Å². The van der Waals surface area contributed by atoms with E-state index in [1.165, 1.54) is 0 Å². The Hall–Kier alpha value is -1.88. The summed E-state index contributed by atoms with van der Waals surface area (Å²) in [6.45, 7) is 5.15. The fourth-order valence-electron chi connectivity index (χ4n) is 3.63. The van der Waals surface area contributed by atoms with Crippen LogP contribution >= 0.6 is 0 Å². The molecule has 2 atom stereocenters. The van der Waals surface area contributed by atoms with E-state index in [9.17, 15) is 5.11 Å². The van der Waals surface area contributed by atoms with Crippen LogP contribution in [0.25, 0.3) is 0 Å². The van der Waals surface area contributed by atoms with Gasteiger partial charge in [0.05, 0.1) is 6.10 Å². The summed E-state index contributed by atoms with van der Waals surface area (Å²) in [5.74, 6) is 0.826. The molecule has 0 aromatic heterocycles. The van der Waals surface area contributed by atoms with E-state index in [-0.39, 0.29) is 6.04 Å². The minimum absolute atomic E-state index is 0.0919. The zero-order chi connectivity index (χ0) is 17.8. The highest BCUT2D eigenvalue weighted by Gasteiger charge is 2.30. The van der Waals surface area contributed by atoms with Crippen LogP contribution in [0.2, 0.25) is 0 Å². The molecule has 134 valence electrons. The van der Waals surface area contributed by atoms with Crippen LogP contribution < -0.4 is 15.8 Å². The molecule has 4 N–H and O–H groups in total. The van der Waals surface area contributed by atoms with E-state index in [4.69, 9.17) is 10.5 Å². The van der Waals surface area contributed by atoms with Crippen molar-refractivity contribution in [2.24, 2.45) is 5.73 Å². The largest absolute Gasteiger partial charge is 0.489 e. The Labute approximate surface area is 150 Å². The lowest BCUT2D eigenvalue weighted by molar-refractivity contribution is 0.110. The molecule has 0 heterocycles. The van der Waals surface area contributed by atoms with Gasteiger partial charge in [-0.15, -0.1) is 0 Å². The Bertz CT molecular complexity index is 701. The van der Waals surface area contributed by atoms with Gasteiger partial charge in [-0.25, -0.2) is 0 Å². The summed E-state index contributed by atoms with van der Waals surface area (Å²) in [6.07, 6.45) is 1.31. The summed E-state index contributed by atoms with van der Waals surface area (Å²) in [5, 5.41) is 14.2. The molecule has 1 aliphatic rings. The lowest BCUT2D eigenvalue weighted by Gasteiger charge is -2.33. The van der Waals surface area contributed by atoms with Crippen molar-refractivity contribution in [2.45, 2.75) is 58.0 Å². The van der Waals surface area contributed by atoms with E-state index in [2.05, 4.69) is 19.2 Å². The molecule has 0 fully saturated rings. The molecular weight excluding hydrogens is 312 g/mol. The Morgan fingerprint density at radius 1 is 1.20 bits per heavy atom. The Morgan fingerprint density at radius 2 is 1.96 bits per heavy atom. The van der Waals surface area contributed by atoms with Crippen molar-refractivity contribution in [3.63, 3.8) is 0 Å². The third-order valence-corrected chi connectivity index (χ3v) is 4.82. The third kappa shape index (κ3) is 4.03.